The minimum Gasteiger partial charge on any atom is -0.376 e. The van der Waals surface area contributed by atoms with Gasteiger partial charge in [0.1, 0.15) is 0 Å². The predicted molar refractivity (Wildman–Crippen MR) is 76.6 cm³/mol. The molecule has 1 aromatic carbocycles. The Kier molecular flexibility index (Phi) is 2.77. The fourth-order valence-electron chi connectivity index (χ4n) is 3.18. The van der Waals surface area contributed by atoms with Crippen molar-refractivity contribution in [2.24, 2.45) is 5.92 Å². The van der Waals surface area contributed by atoms with Gasteiger partial charge in [-0.3, -0.25) is 4.79 Å². The summed E-state index contributed by atoms with van der Waals surface area (Å²) in [6.07, 6.45) is 5.50. The number of fused-ring (bicyclic) bond motifs is 1. The molecule has 104 valence electrons. The van der Waals surface area contributed by atoms with Gasteiger partial charge in [-0.2, -0.15) is 0 Å². The maximum absolute atomic E-state index is 12.5. The van der Waals surface area contributed by atoms with Crippen molar-refractivity contribution in [2.45, 2.75) is 31.4 Å². The van der Waals surface area contributed by atoms with Gasteiger partial charge in [0.15, 0.2) is 0 Å². The number of carbonyl (C=O) groups is 1. The summed E-state index contributed by atoms with van der Waals surface area (Å²) in [6, 6.07) is 7.90. The summed E-state index contributed by atoms with van der Waals surface area (Å²) in [6.45, 7) is 0.764. The smallest absolute Gasteiger partial charge is 0.252 e. The number of nitrogens with one attached hydrogen (secondary N) is 2. The minimum atomic E-state index is 0.0105. The maximum Gasteiger partial charge on any atom is 0.252 e. The fourth-order valence-corrected chi connectivity index (χ4v) is 3.18. The highest BCUT2D eigenvalue weighted by atomic mass is 16.5. The normalized spacial score (nSPS) is 26.0. The second-order valence-electron chi connectivity index (χ2n) is 5.79. The summed E-state index contributed by atoms with van der Waals surface area (Å²) in [5, 5.41) is 4.15. The number of rotatable bonds is 3. The van der Waals surface area contributed by atoms with Crippen LogP contribution in [0.1, 0.15) is 29.6 Å². The van der Waals surface area contributed by atoms with E-state index in [0.29, 0.717) is 5.92 Å². The fraction of sp³-hybridized carbons (Fsp3) is 0.438. The molecule has 2 heterocycles. The van der Waals surface area contributed by atoms with Crippen molar-refractivity contribution in [3.63, 3.8) is 0 Å². The molecule has 2 aromatic rings. The van der Waals surface area contributed by atoms with E-state index < -0.39 is 0 Å². The zero-order valence-electron chi connectivity index (χ0n) is 11.3. The lowest BCUT2D eigenvalue weighted by atomic mass is 10.0. The molecule has 1 amide bonds. The Hall–Kier alpha value is -1.81. The lowest BCUT2D eigenvalue weighted by molar-refractivity contribution is 0.0730. The monoisotopic (exact) mass is 270 g/mol. The van der Waals surface area contributed by atoms with E-state index in [0.717, 1.165) is 29.5 Å². The van der Waals surface area contributed by atoms with E-state index in [1.807, 2.05) is 30.5 Å². The summed E-state index contributed by atoms with van der Waals surface area (Å²) >= 11 is 0. The number of carbonyl (C=O) groups excluding carboxylic acids is 1. The quantitative estimate of drug-likeness (QED) is 0.900. The third kappa shape index (κ3) is 2.00. The second kappa shape index (κ2) is 4.63. The van der Waals surface area contributed by atoms with Crippen LogP contribution in [0.2, 0.25) is 0 Å². The molecule has 2 atom stereocenters. The molecule has 2 aliphatic rings. The first-order valence-corrected chi connectivity index (χ1v) is 7.31. The van der Waals surface area contributed by atoms with Gasteiger partial charge in [0.05, 0.1) is 12.1 Å². The van der Waals surface area contributed by atoms with Gasteiger partial charge in [-0.25, -0.2) is 0 Å². The predicted octanol–water partition coefficient (Wildman–Crippen LogP) is 2.47. The number of amides is 1. The van der Waals surface area contributed by atoms with E-state index in [2.05, 4.69) is 10.3 Å². The van der Waals surface area contributed by atoms with Crippen LogP contribution in [-0.2, 0) is 4.74 Å². The molecule has 1 aromatic heterocycles. The Morgan fingerprint density at radius 1 is 1.25 bits per heavy atom. The van der Waals surface area contributed by atoms with E-state index in [1.165, 1.54) is 12.8 Å². The largest absolute Gasteiger partial charge is 0.376 e. The molecule has 0 bridgehead atoms. The first-order valence-electron chi connectivity index (χ1n) is 7.31. The topological polar surface area (TPSA) is 54.1 Å². The Morgan fingerprint density at radius 2 is 2.15 bits per heavy atom. The number of ether oxygens (including phenoxy) is 1. The average molecular weight is 270 g/mol. The minimum absolute atomic E-state index is 0.0105. The number of aromatic nitrogens is 1. The zero-order valence-corrected chi connectivity index (χ0v) is 11.3. The van der Waals surface area contributed by atoms with Gasteiger partial charge in [0.25, 0.3) is 5.91 Å². The van der Waals surface area contributed by atoms with Gasteiger partial charge < -0.3 is 15.0 Å². The molecular formula is C16H18N2O2. The molecule has 2 N–H and O–H groups in total. The van der Waals surface area contributed by atoms with Gasteiger partial charge in [0, 0.05) is 29.3 Å². The summed E-state index contributed by atoms with van der Waals surface area (Å²) < 4.78 is 5.78. The van der Waals surface area contributed by atoms with Crippen LogP contribution in [0, 0.1) is 5.92 Å². The molecule has 4 heteroatoms. The van der Waals surface area contributed by atoms with Crippen LogP contribution in [0.5, 0.6) is 0 Å². The standard InChI is InChI=1S/C16H18N2O2/c19-16(12-2-1-3-13-11(12)6-8-17-13)18-14-7-9-20-15(14)10-4-5-10/h1-3,6,8,10,14-15,17H,4-5,7,9H2,(H,18,19). The van der Waals surface area contributed by atoms with Crippen LogP contribution in [0.15, 0.2) is 30.5 Å². The Balaban J connectivity index is 1.56. The molecule has 1 aliphatic carbocycles. The molecule has 2 fully saturated rings. The van der Waals surface area contributed by atoms with Crippen LogP contribution in [-0.4, -0.2) is 29.6 Å². The van der Waals surface area contributed by atoms with Gasteiger partial charge in [-0.15, -0.1) is 0 Å². The van der Waals surface area contributed by atoms with Crippen LogP contribution >= 0.6 is 0 Å². The molecule has 1 aliphatic heterocycles. The molecule has 0 radical (unpaired) electrons. The molecule has 0 spiro atoms. The van der Waals surface area contributed by atoms with Crippen molar-refractivity contribution in [3.8, 4) is 0 Å². The van der Waals surface area contributed by atoms with Gasteiger partial charge in [-0.05, 0) is 43.4 Å². The summed E-state index contributed by atoms with van der Waals surface area (Å²) in [4.78, 5) is 15.7. The molecule has 4 nitrogen and oxygen atoms in total. The van der Waals surface area contributed by atoms with Crippen molar-refractivity contribution in [1.29, 1.82) is 0 Å². The average Bonchev–Trinajstić information content (AvgIpc) is 3.00. The summed E-state index contributed by atoms with van der Waals surface area (Å²) in [5.74, 6) is 0.669. The molecular weight excluding hydrogens is 252 g/mol. The molecule has 1 saturated heterocycles. The number of hydrogen-bond acceptors (Lipinski definition) is 2. The Morgan fingerprint density at radius 3 is 3.00 bits per heavy atom. The van der Waals surface area contributed by atoms with Crippen LogP contribution in [0.3, 0.4) is 0 Å². The second-order valence-corrected chi connectivity index (χ2v) is 5.79. The van der Waals surface area contributed by atoms with Crippen molar-refractivity contribution >= 4 is 16.8 Å². The van der Waals surface area contributed by atoms with Gasteiger partial charge in [0.2, 0.25) is 0 Å². The number of hydrogen-bond donors (Lipinski definition) is 2. The SMILES string of the molecule is O=C(NC1CCOC1C1CC1)c1cccc2[nH]ccc12. The third-order valence-electron chi connectivity index (χ3n) is 4.38. The van der Waals surface area contributed by atoms with Gasteiger partial charge >= 0.3 is 0 Å². The number of benzene rings is 1. The Labute approximate surface area is 117 Å². The van der Waals surface area contributed by atoms with Gasteiger partial charge in [-0.1, -0.05) is 6.07 Å². The Bertz CT molecular complexity index is 645. The number of aromatic amines is 1. The van der Waals surface area contributed by atoms with E-state index >= 15 is 0 Å². The van der Waals surface area contributed by atoms with E-state index in [4.69, 9.17) is 4.74 Å². The lowest BCUT2D eigenvalue weighted by Crippen LogP contribution is -2.41. The number of H-pyrrole nitrogens is 1. The summed E-state index contributed by atoms with van der Waals surface area (Å²) in [7, 11) is 0. The van der Waals surface area contributed by atoms with Crippen molar-refractivity contribution < 1.29 is 9.53 Å². The molecule has 2 unspecified atom stereocenters. The van der Waals surface area contributed by atoms with E-state index in [-0.39, 0.29) is 18.1 Å². The molecule has 20 heavy (non-hydrogen) atoms. The molecule has 1 saturated carbocycles. The first-order chi connectivity index (χ1) is 9.83. The first kappa shape index (κ1) is 12.0. The van der Waals surface area contributed by atoms with Crippen LogP contribution < -0.4 is 5.32 Å². The van der Waals surface area contributed by atoms with Crippen molar-refractivity contribution in [2.75, 3.05) is 6.61 Å². The highest BCUT2D eigenvalue weighted by Crippen LogP contribution is 2.38. The van der Waals surface area contributed by atoms with Crippen LogP contribution in [0.4, 0.5) is 0 Å². The zero-order chi connectivity index (χ0) is 13.5. The van der Waals surface area contributed by atoms with E-state index in [1.54, 1.807) is 0 Å². The molecule has 4 rings (SSSR count). The highest BCUT2D eigenvalue weighted by molar-refractivity contribution is 6.06. The highest BCUT2D eigenvalue weighted by Gasteiger charge is 2.41. The lowest BCUT2D eigenvalue weighted by Gasteiger charge is -2.19. The van der Waals surface area contributed by atoms with Crippen molar-refractivity contribution in [1.82, 2.24) is 10.3 Å². The maximum atomic E-state index is 12.5. The van der Waals surface area contributed by atoms with Crippen molar-refractivity contribution in [3.05, 3.63) is 36.0 Å². The third-order valence-corrected chi connectivity index (χ3v) is 4.38. The van der Waals surface area contributed by atoms with E-state index in [9.17, 15) is 4.79 Å². The summed E-state index contributed by atoms with van der Waals surface area (Å²) in [5.41, 5.74) is 1.74. The van der Waals surface area contributed by atoms with Crippen LogP contribution in [0.25, 0.3) is 10.9 Å².